The molecule has 1 aliphatic rings. The minimum atomic E-state index is -0.166. The molecule has 65 heavy (non-hydrogen) atoms. The normalized spacial score (nSPS) is 11.9. The van der Waals surface area contributed by atoms with Crippen LogP contribution in [-0.2, 0) is 44.9 Å². The van der Waals surface area contributed by atoms with Crippen LogP contribution in [-0.4, -0.2) is 122 Å². The third-order valence-corrected chi connectivity index (χ3v) is 12.5. The zero-order valence-electron chi connectivity index (χ0n) is 39.6. The molecular formula is C52H67BrN4O8. The third kappa shape index (κ3) is 12.8. The van der Waals surface area contributed by atoms with Gasteiger partial charge in [0.05, 0.1) is 0 Å². The van der Waals surface area contributed by atoms with Gasteiger partial charge in [0, 0.05) is 93.6 Å². The highest BCUT2D eigenvalue weighted by Gasteiger charge is 2.25. The van der Waals surface area contributed by atoms with Crippen molar-refractivity contribution in [1.29, 1.82) is 0 Å². The maximum atomic E-state index is 13.5. The lowest BCUT2D eigenvalue weighted by Gasteiger charge is -2.25. The Hall–Kier alpha value is -5.56. The fourth-order valence-electron chi connectivity index (χ4n) is 8.49. The van der Waals surface area contributed by atoms with Crippen molar-refractivity contribution in [3.8, 4) is 23.0 Å². The summed E-state index contributed by atoms with van der Waals surface area (Å²) in [7, 11) is 0. The van der Waals surface area contributed by atoms with Gasteiger partial charge >= 0.3 is 0 Å². The molecular weight excluding hydrogens is 888 g/mol. The maximum absolute atomic E-state index is 13.5. The highest BCUT2D eigenvalue weighted by atomic mass is 79.9. The van der Waals surface area contributed by atoms with Crippen LogP contribution in [0.1, 0.15) is 99.9 Å². The summed E-state index contributed by atoms with van der Waals surface area (Å²) in [6.45, 7) is 19.4. The fraction of sp³-hybridized carbons (Fsp3) is 0.462. The van der Waals surface area contributed by atoms with E-state index in [0.29, 0.717) is 101 Å². The SMILES string of the molecule is CCN(CC)C(=O)COc1c2cccc1Cc1cccc(c1OCC(=O)N(CC)CC)Cc1cc(Br)cc(c1OCC(=O)N(CC)CC)Cc1cccc(c1OCC(=O)N(CC)CC)C2. The summed E-state index contributed by atoms with van der Waals surface area (Å²) in [5.74, 6) is 1.78. The van der Waals surface area contributed by atoms with Crippen LogP contribution in [0.15, 0.2) is 71.2 Å². The summed E-state index contributed by atoms with van der Waals surface area (Å²) in [4.78, 5) is 60.9. The van der Waals surface area contributed by atoms with Crippen molar-refractivity contribution < 1.29 is 38.1 Å². The van der Waals surface area contributed by atoms with Crippen LogP contribution < -0.4 is 18.9 Å². The van der Waals surface area contributed by atoms with E-state index in [4.69, 9.17) is 18.9 Å². The van der Waals surface area contributed by atoms with Crippen LogP contribution in [0, 0.1) is 0 Å². The Balaban J connectivity index is 1.76. The largest absolute Gasteiger partial charge is 0.483 e. The molecule has 0 unspecified atom stereocenters. The third-order valence-electron chi connectivity index (χ3n) is 12.1. The van der Waals surface area contributed by atoms with E-state index < -0.39 is 0 Å². The lowest BCUT2D eigenvalue weighted by Crippen LogP contribution is -2.35. The zero-order chi connectivity index (χ0) is 47.0. The number of carbonyl (C=O) groups excluding carboxylic acids is 4. The van der Waals surface area contributed by atoms with E-state index in [9.17, 15) is 19.2 Å². The molecule has 0 atom stereocenters. The van der Waals surface area contributed by atoms with E-state index in [-0.39, 0.29) is 50.1 Å². The number of para-hydroxylation sites is 3. The number of fused-ring (bicyclic) bond motifs is 8. The molecule has 1 aliphatic carbocycles. The molecule has 4 amide bonds. The first-order chi connectivity index (χ1) is 31.4. The molecule has 4 aromatic carbocycles. The Bertz CT molecular complexity index is 2140. The molecule has 13 heteroatoms. The average Bonchev–Trinajstić information content (AvgIpc) is 3.29. The summed E-state index contributed by atoms with van der Waals surface area (Å²) >= 11 is 3.80. The summed E-state index contributed by atoms with van der Waals surface area (Å²) in [5, 5.41) is 0. The molecule has 0 aromatic heterocycles. The van der Waals surface area contributed by atoms with Crippen LogP contribution >= 0.6 is 15.9 Å². The molecule has 0 saturated heterocycles. The van der Waals surface area contributed by atoms with Gasteiger partial charge in [0.1, 0.15) is 23.0 Å². The van der Waals surface area contributed by atoms with Gasteiger partial charge in [-0.3, -0.25) is 19.2 Å². The lowest BCUT2D eigenvalue weighted by molar-refractivity contribution is -0.133. The number of amides is 4. The number of nitrogens with zero attached hydrogens (tertiary/aromatic N) is 4. The Labute approximate surface area is 394 Å². The zero-order valence-corrected chi connectivity index (χ0v) is 41.2. The molecule has 0 radical (unpaired) electrons. The van der Waals surface area contributed by atoms with Gasteiger partial charge < -0.3 is 38.5 Å². The highest BCUT2D eigenvalue weighted by Crippen LogP contribution is 2.40. The number of hydrogen-bond acceptors (Lipinski definition) is 8. The predicted octanol–water partition coefficient (Wildman–Crippen LogP) is 8.11. The number of benzene rings is 4. The summed E-state index contributed by atoms with van der Waals surface area (Å²) in [5.41, 5.74) is 6.58. The molecule has 0 heterocycles. The van der Waals surface area contributed by atoms with Gasteiger partial charge in [-0.2, -0.15) is 0 Å². The molecule has 0 fully saturated rings. The van der Waals surface area contributed by atoms with E-state index in [1.807, 2.05) is 122 Å². The van der Waals surface area contributed by atoms with Crippen molar-refractivity contribution in [2.24, 2.45) is 0 Å². The fourth-order valence-corrected chi connectivity index (χ4v) is 9.04. The second kappa shape index (κ2) is 24.7. The maximum Gasteiger partial charge on any atom is 0.260 e. The van der Waals surface area contributed by atoms with Gasteiger partial charge in [-0.15, -0.1) is 0 Å². The highest BCUT2D eigenvalue weighted by molar-refractivity contribution is 9.10. The number of halogens is 1. The van der Waals surface area contributed by atoms with Crippen LogP contribution in [0.4, 0.5) is 0 Å². The summed E-state index contributed by atoms with van der Waals surface area (Å²) in [6.07, 6.45) is 1.40. The standard InChI is InChI=1S/C52H67BrN4O8/c1-9-54(10-2)45(58)32-62-49-36-20-17-21-37(49)27-39-23-19-25-41(51(39)64-34-47(60)56(13-5)14-6)29-43-31-44(53)30-42(52(43)65-35-48(61)57(15-7)16-8)28-40-24-18-22-38(26-36)50(40)63-33-46(59)55(11-3)12-4/h17-25,30-31H,9-16,26-29,32-35H2,1-8H3. The van der Waals surface area contributed by atoms with Gasteiger partial charge in [0.15, 0.2) is 26.4 Å². The second-order valence-corrected chi connectivity index (χ2v) is 16.8. The Morgan fingerprint density at radius 2 is 0.585 bits per heavy atom. The van der Waals surface area contributed by atoms with E-state index in [2.05, 4.69) is 15.9 Å². The molecule has 0 N–H and O–H groups in total. The molecule has 350 valence electrons. The smallest absolute Gasteiger partial charge is 0.260 e. The average molecular weight is 956 g/mol. The van der Waals surface area contributed by atoms with Gasteiger partial charge in [0.25, 0.3) is 23.6 Å². The molecule has 0 spiro atoms. The lowest BCUT2D eigenvalue weighted by atomic mass is 9.91. The van der Waals surface area contributed by atoms with Gasteiger partial charge in [-0.25, -0.2) is 0 Å². The monoisotopic (exact) mass is 954 g/mol. The van der Waals surface area contributed by atoms with Gasteiger partial charge in [-0.05, 0) is 101 Å². The van der Waals surface area contributed by atoms with Crippen LogP contribution in [0.25, 0.3) is 0 Å². The molecule has 5 rings (SSSR count). The van der Waals surface area contributed by atoms with Crippen LogP contribution in [0.3, 0.4) is 0 Å². The van der Waals surface area contributed by atoms with E-state index in [1.165, 1.54) is 0 Å². The van der Waals surface area contributed by atoms with Crippen molar-refractivity contribution in [2.45, 2.75) is 81.1 Å². The summed E-state index contributed by atoms with van der Waals surface area (Å²) in [6, 6.07) is 21.9. The first kappa shape index (κ1) is 50.4. The number of ether oxygens (including phenoxy) is 4. The minimum Gasteiger partial charge on any atom is -0.483 e. The van der Waals surface area contributed by atoms with Crippen molar-refractivity contribution in [2.75, 3.05) is 78.8 Å². The topological polar surface area (TPSA) is 118 Å². The quantitative estimate of drug-likeness (QED) is 0.0769. The van der Waals surface area contributed by atoms with Crippen LogP contribution in [0.2, 0.25) is 0 Å². The number of likely N-dealkylation sites (N-methyl/N-ethyl adjacent to an activating group) is 4. The number of rotatable bonds is 20. The molecule has 8 bridgehead atoms. The summed E-state index contributed by atoms with van der Waals surface area (Å²) < 4.78 is 27.2. The van der Waals surface area contributed by atoms with Crippen molar-refractivity contribution >= 4 is 39.6 Å². The molecule has 0 saturated carbocycles. The Morgan fingerprint density at radius 3 is 0.800 bits per heavy atom. The van der Waals surface area contributed by atoms with Crippen molar-refractivity contribution in [1.82, 2.24) is 19.6 Å². The van der Waals surface area contributed by atoms with Crippen LogP contribution in [0.5, 0.6) is 23.0 Å². The first-order valence-electron chi connectivity index (χ1n) is 23.2. The second-order valence-electron chi connectivity index (χ2n) is 15.9. The van der Waals surface area contributed by atoms with Crippen molar-refractivity contribution in [3.05, 3.63) is 116 Å². The number of carbonyl (C=O) groups is 4. The van der Waals surface area contributed by atoms with Crippen molar-refractivity contribution in [3.63, 3.8) is 0 Å². The molecule has 12 nitrogen and oxygen atoms in total. The molecule has 0 aliphatic heterocycles. The van der Waals surface area contributed by atoms with E-state index >= 15 is 0 Å². The predicted molar refractivity (Wildman–Crippen MR) is 258 cm³/mol. The van der Waals surface area contributed by atoms with E-state index in [1.54, 1.807) is 19.6 Å². The molecule has 4 aromatic rings. The Morgan fingerprint density at radius 1 is 0.385 bits per heavy atom. The van der Waals surface area contributed by atoms with E-state index in [0.717, 1.165) is 49.0 Å². The van der Waals surface area contributed by atoms with Gasteiger partial charge in [-0.1, -0.05) is 70.5 Å². The Kier molecular flexibility index (Phi) is 19.1. The minimum absolute atomic E-state index is 0.121. The first-order valence-corrected chi connectivity index (χ1v) is 24.0. The van der Waals surface area contributed by atoms with Gasteiger partial charge in [0.2, 0.25) is 0 Å². The number of hydrogen-bond donors (Lipinski definition) is 0.